The molecule has 1 aliphatic heterocycles. The van der Waals surface area contributed by atoms with Crippen LogP contribution < -0.4 is 0 Å². The molecule has 0 bridgehead atoms. The van der Waals surface area contributed by atoms with Gasteiger partial charge in [0.2, 0.25) is 0 Å². The molecule has 86 valence electrons. The summed E-state index contributed by atoms with van der Waals surface area (Å²) in [5.41, 5.74) is -0.387. The zero-order chi connectivity index (χ0) is 11.5. The third kappa shape index (κ3) is 2.40. The van der Waals surface area contributed by atoms with Crippen molar-refractivity contribution in [2.75, 3.05) is 17.3 Å². The summed E-state index contributed by atoms with van der Waals surface area (Å²) in [6, 6.07) is 3.51. The number of rotatable bonds is 2. The fourth-order valence-corrected chi connectivity index (χ4v) is 4.15. The summed E-state index contributed by atoms with van der Waals surface area (Å²) in [5, 5.41) is -0.315. The molecular weight excluding hydrogens is 250 g/mol. The van der Waals surface area contributed by atoms with E-state index in [1.165, 1.54) is 17.8 Å². The van der Waals surface area contributed by atoms with Crippen LogP contribution in [-0.4, -0.2) is 28.3 Å². The van der Waals surface area contributed by atoms with Gasteiger partial charge in [0.1, 0.15) is 11.6 Å². The van der Waals surface area contributed by atoms with Gasteiger partial charge in [-0.15, -0.1) is 11.8 Å². The number of hydrogen-bond donors (Lipinski definition) is 0. The van der Waals surface area contributed by atoms with Crippen LogP contribution >= 0.6 is 23.5 Å². The Morgan fingerprint density at radius 2 is 1.94 bits per heavy atom. The molecule has 5 heteroatoms. The molecule has 1 saturated heterocycles. The maximum atomic E-state index is 13.4. The summed E-state index contributed by atoms with van der Waals surface area (Å²) in [5.74, 6) is 0.540. The van der Waals surface area contributed by atoms with E-state index in [9.17, 15) is 13.6 Å². The largest absolute Gasteiger partial charge is 0.293 e. The molecule has 1 aromatic rings. The van der Waals surface area contributed by atoms with Crippen LogP contribution in [0.4, 0.5) is 8.78 Å². The topological polar surface area (TPSA) is 17.1 Å². The van der Waals surface area contributed by atoms with Crippen LogP contribution in [0.5, 0.6) is 0 Å². The number of carbonyl (C=O) groups excluding carboxylic acids is 1. The van der Waals surface area contributed by atoms with Crippen LogP contribution in [0.25, 0.3) is 0 Å². The molecule has 1 unspecified atom stereocenters. The van der Waals surface area contributed by atoms with Crippen molar-refractivity contribution in [2.24, 2.45) is 0 Å². The van der Waals surface area contributed by atoms with Gasteiger partial charge in [-0.1, -0.05) is 6.07 Å². The quantitative estimate of drug-likeness (QED) is 0.761. The summed E-state index contributed by atoms with van der Waals surface area (Å²) in [4.78, 5) is 11.9. The Bertz CT molecular complexity index is 383. The highest BCUT2D eigenvalue weighted by atomic mass is 32.2. The molecule has 0 aromatic heterocycles. The predicted octanol–water partition coefficient (Wildman–Crippen LogP) is 3.00. The lowest BCUT2D eigenvalue weighted by Gasteiger charge is -2.20. The normalized spacial score (nSPS) is 20.8. The van der Waals surface area contributed by atoms with Crippen molar-refractivity contribution >= 4 is 29.3 Å². The molecule has 0 amide bonds. The average Bonchev–Trinajstić information content (AvgIpc) is 2.30. The zero-order valence-electron chi connectivity index (χ0n) is 8.41. The molecular formula is C11H10F2OS2. The Hall–Kier alpha value is -0.550. The molecule has 2 rings (SSSR count). The molecule has 1 aromatic carbocycles. The minimum absolute atomic E-state index is 0.315. The summed E-state index contributed by atoms with van der Waals surface area (Å²) in [6.45, 7) is 0. The van der Waals surface area contributed by atoms with E-state index >= 15 is 0 Å². The highest BCUT2D eigenvalue weighted by Crippen LogP contribution is 2.28. The lowest BCUT2D eigenvalue weighted by Crippen LogP contribution is -2.26. The number of benzene rings is 1. The molecule has 1 heterocycles. The standard InChI is InChI=1S/C11H10F2OS2/c12-7-2-1-3-8(13)10(7)11(14)9-6-15-4-5-16-9/h1-3,9H,4-6H2. The molecule has 0 spiro atoms. The van der Waals surface area contributed by atoms with Crippen LogP contribution in [0.3, 0.4) is 0 Å². The molecule has 1 atom stereocenters. The molecule has 0 aliphatic carbocycles. The van der Waals surface area contributed by atoms with Gasteiger partial charge in [0, 0.05) is 17.3 Å². The van der Waals surface area contributed by atoms with Gasteiger partial charge in [-0.3, -0.25) is 4.79 Å². The van der Waals surface area contributed by atoms with Gasteiger partial charge in [-0.2, -0.15) is 11.8 Å². The second-order valence-corrected chi connectivity index (χ2v) is 5.86. The van der Waals surface area contributed by atoms with Crippen LogP contribution in [0.1, 0.15) is 10.4 Å². The predicted molar refractivity (Wildman–Crippen MR) is 64.3 cm³/mol. The second-order valence-electron chi connectivity index (χ2n) is 3.40. The van der Waals surface area contributed by atoms with Crippen LogP contribution in [0.15, 0.2) is 18.2 Å². The van der Waals surface area contributed by atoms with Crippen molar-refractivity contribution in [1.82, 2.24) is 0 Å². The lowest BCUT2D eigenvalue weighted by molar-refractivity contribution is 0.0987. The Balaban J connectivity index is 2.26. The van der Waals surface area contributed by atoms with Crippen LogP contribution in [0.2, 0.25) is 0 Å². The van der Waals surface area contributed by atoms with Gasteiger partial charge in [-0.25, -0.2) is 8.78 Å². The first kappa shape index (κ1) is 11.9. The first-order valence-electron chi connectivity index (χ1n) is 4.87. The Morgan fingerprint density at radius 1 is 1.25 bits per heavy atom. The summed E-state index contributed by atoms with van der Waals surface area (Å²) >= 11 is 3.13. The molecule has 0 radical (unpaired) electrons. The number of halogens is 2. The van der Waals surface area contributed by atoms with Crippen molar-refractivity contribution < 1.29 is 13.6 Å². The lowest BCUT2D eigenvalue weighted by atomic mass is 10.1. The Labute approximate surface area is 101 Å². The van der Waals surface area contributed by atoms with E-state index in [1.807, 2.05) is 0 Å². The minimum atomic E-state index is -0.763. The molecule has 16 heavy (non-hydrogen) atoms. The van der Waals surface area contributed by atoms with Gasteiger partial charge in [0.25, 0.3) is 0 Å². The van der Waals surface area contributed by atoms with Gasteiger partial charge in [0.05, 0.1) is 10.8 Å². The highest BCUT2D eigenvalue weighted by molar-refractivity contribution is 8.07. The maximum Gasteiger partial charge on any atom is 0.182 e. The number of hydrogen-bond acceptors (Lipinski definition) is 3. The van der Waals surface area contributed by atoms with Crippen molar-refractivity contribution in [3.8, 4) is 0 Å². The average molecular weight is 260 g/mol. The van der Waals surface area contributed by atoms with E-state index in [0.29, 0.717) is 5.75 Å². The monoisotopic (exact) mass is 260 g/mol. The maximum absolute atomic E-state index is 13.4. The number of Topliss-reactive ketones (excluding diaryl/α,β-unsaturated/α-hetero) is 1. The summed E-state index contributed by atoms with van der Waals surface area (Å²) in [7, 11) is 0. The first-order valence-corrected chi connectivity index (χ1v) is 7.08. The van der Waals surface area contributed by atoms with E-state index in [1.54, 1.807) is 11.8 Å². The molecule has 1 fully saturated rings. The number of thioether (sulfide) groups is 2. The smallest absolute Gasteiger partial charge is 0.182 e. The fourth-order valence-electron chi connectivity index (χ4n) is 1.53. The first-order chi connectivity index (χ1) is 7.70. The Kier molecular flexibility index (Phi) is 3.86. The molecule has 0 saturated carbocycles. The van der Waals surface area contributed by atoms with E-state index in [-0.39, 0.29) is 10.8 Å². The van der Waals surface area contributed by atoms with E-state index in [4.69, 9.17) is 0 Å². The van der Waals surface area contributed by atoms with Gasteiger partial charge >= 0.3 is 0 Å². The zero-order valence-corrected chi connectivity index (χ0v) is 10.0. The van der Waals surface area contributed by atoms with Crippen molar-refractivity contribution in [3.05, 3.63) is 35.4 Å². The second kappa shape index (κ2) is 5.19. The van der Waals surface area contributed by atoms with E-state index in [2.05, 4.69) is 0 Å². The van der Waals surface area contributed by atoms with Gasteiger partial charge in [0.15, 0.2) is 5.78 Å². The van der Waals surface area contributed by atoms with Crippen molar-refractivity contribution in [1.29, 1.82) is 0 Å². The number of carbonyl (C=O) groups is 1. The van der Waals surface area contributed by atoms with E-state index in [0.717, 1.165) is 23.6 Å². The summed E-state index contributed by atoms with van der Waals surface area (Å²) in [6.07, 6.45) is 0. The van der Waals surface area contributed by atoms with Crippen LogP contribution in [-0.2, 0) is 0 Å². The third-order valence-electron chi connectivity index (χ3n) is 2.32. The molecule has 0 N–H and O–H groups in total. The third-order valence-corrected chi connectivity index (χ3v) is 5.07. The minimum Gasteiger partial charge on any atom is -0.293 e. The van der Waals surface area contributed by atoms with Crippen molar-refractivity contribution in [3.63, 3.8) is 0 Å². The van der Waals surface area contributed by atoms with Crippen molar-refractivity contribution in [2.45, 2.75) is 5.25 Å². The van der Waals surface area contributed by atoms with E-state index < -0.39 is 17.4 Å². The number of ketones is 1. The highest BCUT2D eigenvalue weighted by Gasteiger charge is 2.27. The SMILES string of the molecule is O=C(c1c(F)cccc1F)C1CSCCS1. The fraction of sp³-hybridized carbons (Fsp3) is 0.364. The Morgan fingerprint density at radius 3 is 2.50 bits per heavy atom. The van der Waals surface area contributed by atoms with Gasteiger partial charge < -0.3 is 0 Å². The molecule has 1 aliphatic rings. The van der Waals surface area contributed by atoms with Crippen LogP contribution in [0, 0.1) is 11.6 Å². The van der Waals surface area contributed by atoms with Gasteiger partial charge in [-0.05, 0) is 12.1 Å². The summed E-state index contributed by atoms with van der Waals surface area (Å²) < 4.78 is 26.8. The molecule has 1 nitrogen and oxygen atoms in total.